The Kier molecular flexibility index (Phi) is 5.86. The number of carbonyl (C=O) groups is 1. The molecular weight excluding hydrogens is 404 g/mol. The Morgan fingerprint density at radius 2 is 1.69 bits per heavy atom. The van der Waals surface area contributed by atoms with Gasteiger partial charge in [-0.25, -0.2) is 4.98 Å². The number of amides is 1. The number of nitrogens with zero attached hydrogens (tertiary/aromatic N) is 1. The Labute approximate surface area is 187 Å². The third-order valence-corrected chi connectivity index (χ3v) is 5.41. The number of fused-ring (bicyclic) bond motifs is 1. The van der Waals surface area contributed by atoms with E-state index < -0.39 is 0 Å². The normalized spacial score (nSPS) is 10.9. The van der Waals surface area contributed by atoms with Crippen molar-refractivity contribution in [3.8, 4) is 23.0 Å². The van der Waals surface area contributed by atoms with Crippen molar-refractivity contribution in [1.82, 2.24) is 4.98 Å². The molecular formula is C26H26N2O4. The number of nitrogens with one attached hydrogen (secondary N) is 1. The maximum Gasteiger partial charge on any atom is 0.262 e. The molecule has 4 rings (SSSR count). The highest BCUT2D eigenvalue weighted by atomic mass is 16.5. The van der Waals surface area contributed by atoms with Gasteiger partial charge in [0.25, 0.3) is 5.91 Å². The van der Waals surface area contributed by atoms with Crippen LogP contribution in [0.4, 0.5) is 5.69 Å². The number of carbonyl (C=O) groups excluding carboxylic acids is 1. The summed E-state index contributed by atoms with van der Waals surface area (Å²) in [4.78, 5) is 17.2. The lowest BCUT2D eigenvalue weighted by Gasteiger charge is -2.13. The molecule has 4 aromatic rings. The summed E-state index contributed by atoms with van der Waals surface area (Å²) in [7, 11) is 1.56. The van der Waals surface area contributed by atoms with Gasteiger partial charge in [0.15, 0.2) is 12.2 Å². The fraction of sp³-hybridized carbons (Fsp3) is 0.231. The van der Waals surface area contributed by atoms with Crippen LogP contribution in [0.15, 0.2) is 52.9 Å². The Balaban J connectivity index is 1.55. The molecule has 6 nitrogen and oxygen atoms in total. The zero-order valence-electron chi connectivity index (χ0n) is 18.9. The molecule has 0 aliphatic rings. The minimum absolute atomic E-state index is 0.112. The van der Waals surface area contributed by atoms with Crippen molar-refractivity contribution in [2.45, 2.75) is 27.7 Å². The highest BCUT2D eigenvalue weighted by molar-refractivity contribution is 5.94. The number of hydrogen-bond donors (Lipinski definition) is 1. The van der Waals surface area contributed by atoms with Crippen LogP contribution in [0.5, 0.6) is 11.5 Å². The number of aryl methyl sites for hydroxylation is 4. The summed E-state index contributed by atoms with van der Waals surface area (Å²) in [5, 5.41) is 2.87. The molecule has 164 valence electrons. The molecule has 0 saturated heterocycles. The molecule has 6 heteroatoms. The summed E-state index contributed by atoms with van der Waals surface area (Å²) in [6, 6.07) is 15.3. The number of oxazole rings is 1. The van der Waals surface area contributed by atoms with Gasteiger partial charge in [-0.05, 0) is 80.8 Å². The van der Waals surface area contributed by atoms with E-state index >= 15 is 0 Å². The van der Waals surface area contributed by atoms with Crippen molar-refractivity contribution in [2.75, 3.05) is 19.0 Å². The molecule has 0 atom stereocenters. The van der Waals surface area contributed by atoms with E-state index in [2.05, 4.69) is 10.3 Å². The van der Waals surface area contributed by atoms with Crippen molar-refractivity contribution in [3.63, 3.8) is 0 Å². The molecule has 0 aliphatic heterocycles. The maximum atomic E-state index is 12.6. The highest BCUT2D eigenvalue weighted by Gasteiger charge is 2.15. The topological polar surface area (TPSA) is 73.6 Å². The van der Waals surface area contributed by atoms with Crippen LogP contribution in [0, 0.1) is 27.7 Å². The van der Waals surface area contributed by atoms with E-state index in [-0.39, 0.29) is 12.5 Å². The predicted octanol–water partition coefficient (Wildman–Crippen LogP) is 5.75. The van der Waals surface area contributed by atoms with Gasteiger partial charge in [-0.1, -0.05) is 17.7 Å². The van der Waals surface area contributed by atoms with Gasteiger partial charge in [-0.2, -0.15) is 0 Å². The van der Waals surface area contributed by atoms with E-state index in [0.717, 1.165) is 38.9 Å². The quantitative estimate of drug-likeness (QED) is 0.421. The Hall–Kier alpha value is -3.80. The Bertz CT molecular complexity index is 1270. The number of benzene rings is 3. The number of aromatic nitrogens is 1. The third-order valence-electron chi connectivity index (χ3n) is 5.41. The molecule has 1 amide bonds. The Morgan fingerprint density at radius 1 is 0.938 bits per heavy atom. The number of rotatable bonds is 6. The van der Waals surface area contributed by atoms with Gasteiger partial charge < -0.3 is 19.2 Å². The van der Waals surface area contributed by atoms with E-state index in [4.69, 9.17) is 13.9 Å². The fourth-order valence-electron chi connectivity index (χ4n) is 3.53. The molecule has 1 N–H and O–H groups in total. The average Bonchev–Trinajstić information content (AvgIpc) is 3.16. The van der Waals surface area contributed by atoms with Crippen LogP contribution in [0.3, 0.4) is 0 Å². The first-order chi connectivity index (χ1) is 15.3. The zero-order valence-corrected chi connectivity index (χ0v) is 18.9. The second-order valence-electron chi connectivity index (χ2n) is 7.94. The number of ether oxygens (including phenoxy) is 2. The SMILES string of the molecule is COc1ccc(-c2nc3cc(C)c(C)cc3o2)cc1NC(=O)COc1ccc(C)cc1C. The van der Waals surface area contributed by atoms with Crippen LogP contribution in [0.2, 0.25) is 0 Å². The number of anilines is 1. The molecule has 3 aromatic carbocycles. The van der Waals surface area contributed by atoms with E-state index in [0.29, 0.717) is 23.1 Å². The Morgan fingerprint density at radius 3 is 2.44 bits per heavy atom. The maximum absolute atomic E-state index is 12.6. The highest BCUT2D eigenvalue weighted by Crippen LogP contribution is 2.32. The van der Waals surface area contributed by atoms with Crippen molar-refractivity contribution >= 4 is 22.7 Å². The summed E-state index contributed by atoms with van der Waals surface area (Å²) < 4.78 is 17.1. The summed E-state index contributed by atoms with van der Waals surface area (Å²) in [5.41, 5.74) is 7.22. The van der Waals surface area contributed by atoms with E-state index in [1.807, 2.05) is 64.1 Å². The zero-order chi connectivity index (χ0) is 22.8. The van der Waals surface area contributed by atoms with Gasteiger partial charge in [-0.3, -0.25) is 4.79 Å². The molecule has 0 radical (unpaired) electrons. The lowest BCUT2D eigenvalue weighted by molar-refractivity contribution is -0.118. The van der Waals surface area contributed by atoms with Crippen LogP contribution >= 0.6 is 0 Å². The van der Waals surface area contributed by atoms with Crippen molar-refractivity contribution in [2.24, 2.45) is 0 Å². The molecule has 0 aliphatic carbocycles. The van der Waals surface area contributed by atoms with Crippen LogP contribution in [-0.2, 0) is 4.79 Å². The monoisotopic (exact) mass is 430 g/mol. The van der Waals surface area contributed by atoms with Crippen molar-refractivity contribution in [1.29, 1.82) is 0 Å². The molecule has 1 heterocycles. The molecule has 32 heavy (non-hydrogen) atoms. The first-order valence-corrected chi connectivity index (χ1v) is 10.4. The van der Waals surface area contributed by atoms with Crippen LogP contribution in [0.1, 0.15) is 22.3 Å². The summed E-state index contributed by atoms with van der Waals surface area (Å²) >= 11 is 0. The lowest BCUT2D eigenvalue weighted by atomic mass is 10.1. The summed E-state index contributed by atoms with van der Waals surface area (Å²) in [6.07, 6.45) is 0. The molecule has 0 unspecified atom stereocenters. The third kappa shape index (κ3) is 4.44. The average molecular weight is 431 g/mol. The molecule has 0 fully saturated rings. The summed E-state index contributed by atoms with van der Waals surface area (Å²) in [6.45, 7) is 7.94. The second-order valence-corrected chi connectivity index (χ2v) is 7.94. The minimum atomic E-state index is -0.288. The molecule has 0 spiro atoms. The smallest absolute Gasteiger partial charge is 0.262 e. The standard InChI is InChI=1S/C26H26N2O4/c1-15-6-8-22(18(4)10-15)31-14-25(29)27-21-13-19(7-9-23(21)30-5)26-28-20-11-16(2)17(3)12-24(20)32-26/h6-13H,14H2,1-5H3,(H,27,29). The molecule has 0 bridgehead atoms. The van der Waals surface area contributed by atoms with Gasteiger partial charge in [0, 0.05) is 5.56 Å². The largest absolute Gasteiger partial charge is 0.495 e. The van der Waals surface area contributed by atoms with Crippen LogP contribution in [0.25, 0.3) is 22.6 Å². The predicted molar refractivity (Wildman–Crippen MR) is 126 cm³/mol. The molecule has 0 saturated carbocycles. The second kappa shape index (κ2) is 8.75. The first-order valence-electron chi connectivity index (χ1n) is 10.4. The van der Waals surface area contributed by atoms with Crippen molar-refractivity contribution in [3.05, 3.63) is 70.8 Å². The lowest BCUT2D eigenvalue weighted by Crippen LogP contribution is -2.20. The van der Waals surface area contributed by atoms with Gasteiger partial charge in [0.2, 0.25) is 5.89 Å². The van der Waals surface area contributed by atoms with Gasteiger partial charge in [-0.15, -0.1) is 0 Å². The van der Waals surface area contributed by atoms with Crippen molar-refractivity contribution < 1.29 is 18.7 Å². The minimum Gasteiger partial charge on any atom is -0.495 e. The first kappa shape index (κ1) is 21.4. The summed E-state index contributed by atoms with van der Waals surface area (Å²) in [5.74, 6) is 1.42. The van der Waals surface area contributed by atoms with E-state index in [9.17, 15) is 4.79 Å². The van der Waals surface area contributed by atoms with Gasteiger partial charge >= 0.3 is 0 Å². The van der Waals surface area contributed by atoms with Crippen LogP contribution in [-0.4, -0.2) is 24.6 Å². The molecule has 1 aromatic heterocycles. The van der Waals surface area contributed by atoms with E-state index in [1.54, 1.807) is 19.2 Å². The van der Waals surface area contributed by atoms with Gasteiger partial charge in [0.05, 0.1) is 12.8 Å². The number of hydrogen-bond acceptors (Lipinski definition) is 5. The fourth-order valence-corrected chi connectivity index (χ4v) is 3.53. The van der Waals surface area contributed by atoms with E-state index in [1.165, 1.54) is 0 Å². The number of methoxy groups -OCH3 is 1. The van der Waals surface area contributed by atoms with Crippen LogP contribution < -0.4 is 14.8 Å². The van der Waals surface area contributed by atoms with Gasteiger partial charge in [0.1, 0.15) is 17.0 Å².